The average molecular weight is 632 g/mol. The van der Waals surface area contributed by atoms with Crippen LogP contribution in [0, 0.1) is 5.92 Å². The summed E-state index contributed by atoms with van der Waals surface area (Å²) in [6.45, 7) is 4.11. The molecule has 1 aromatic carbocycles. The van der Waals surface area contributed by atoms with Gasteiger partial charge >= 0.3 is 12.1 Å². The van der Waals surface area contributed by atoms with Crippen LogP contribution in [0.5, 0.6) is 0 Å². The number of allylic oxidation sites excluding steroid dienone is 6. The van der Waals surface area contributed by atoms with Crippen molar-refractivity contribution in [3.8, 4) is 0 Å². The van der Waals surface area contributed by atoms with E-state index in [4.69, 9.17) is 0 Å². The number of aliphatic hydroxyl groups excluding tert-OH is 1. The van der Waals surface area contributed by atoms with Crippen molar-refractivity contribution in [3.05, 3.63) is 65.0 Å². The monoisotopic (exact) mass is 631 g/mol. The first-order valence-electron chi connectivity index (χ1n) is 15.6. The number of alkyl halides is 5. The number of rotatable bonds is 17. The lowest BCUT2D eigenvalue weighted by molar-refractivity contribution is -0.284. The highest BCUT2D eigenvalue weighted by Gasteiger charge is 2.56. The van der Waals surface area contributed by atoms with Gasteiger partial charge in [0.05, 0.1) is 17.3 Å². The van der Waals surface area contributed by atoms with Crippen molar-refractivity contribution in [2.75, 3.05) is 31.1 Å². The van der Waals surface area contributed by atoms with Crippen molar-refractivity contribution in [2.24, 2.45) is 5.92 Å². The molecule has 2 aliphatic rings. The molecular formula is C33H46F5NO3S. The second-order valence-electron chi connectivity index (χ2n) is 11.8. The van der Waals surface area contributed by atoms with Gasteiger partial charge in [-0.15, -0.1) is 0 Å². The van der Waals surface area contributed by atoms with Crippen molar-refractivity contribution in [1.29, 1.82) is 0 Å². The van der Waals surface area contributed by atoms with Crippen LogP contribution >= 0.6 is 0 Å². The molecule has 10 heteroatoms. The van der Waals surface area contributed by atoms with Crippen LogP contribution in [0.25, 0.3) is 5.57 Å². The van der Waals surface area contributed by atoms with Gasteiger partial charge in [0.2, 0.25) is 0 Å². The maximum atomic E-state index is 13.0. The van der Waals surface area contributed by atoms with Crippen molar-refractivity contribution in [1.82, 2.24) is 4.90 Å². The van der Waals surface area contributed by atoms with E-state index < -0.39 is 40.5 Å². The van der Waals surface area contributed by atoms with E-state index in [-0.39, 0.29) is 5.75 Å². The lowest BCUT2D eigenvalue weighted by Gasteiger charge is -2.25. The van der Waals surface area contributed by atoms with E-state index in [0.717, 1.165) is 64.5 Å². The summed E-state index contributed by atoms with van der Waals surface area (Å²) in [7, 11) is -3.69. The van der Waals surface area contributed by atoms with E-state index in [9.17, 15) is 35.5 Å². The molecule has 3 rings (SSSR count). The molecule has 0 bridgehead atoms. The van der Waals surface area contributed by atoms with E-state index >= 15 is 0 Å². The quantitative estimate of drug-likeness (QED) is 0.138. The Morgan fingerprint density at radius 3 is 2.28 bits per heavy atom. The Balaban J connectivity index is 1.42. The van der Waals surface area contributed by atoms with Crippen molar-refractivity contribution < 1.29 is 35.5 Å². The van der Waals surface area contributed by atoms with Gasteiger partial charge < -0.3 is 10.0 Å². The fraction of sp³-hybridized carbons (Fsp3) is 0.636. The molecular weight excluding hydrogens is 585 g/mol. The number of sulfone groups is 1. The second-order valence-corrected chi connectivity index (χ2v) is 14.1. The van der Waals surface area contributed by atoms with Crippen molar-refractivity contribution in [3.63, 3.8) is 0 Å². The first-order valence-corrected chi connectivity index (χ1v) is 17.4. The molecule has 242 valence electrons. The third-order valence-electron chi connectivity index (χ3n) is 8.55. The van der Waals surface area contributed by atoms with Crippen LogP contribution in [0.4, 0.5) is 22.0 Å². The topological polar surface area (TPSA) is 57.6 Å². The van der Waals surface area contributed by atoms with Crippen LogP contribution < -0.4 is 0 Å². The van der Waals surface area contributed by atoms with Gasteiger partial charge in [-0.1, -0.05) is 56.2 Å². The van der Waals surface area contributed by atoms with Crippen molar-refractivity contribution >= 4 is 15.4 Å². The standard InChI is InChI=1S/C33H46F5NO3S/c1-2-39(22-12-24-43(41,42)23-11-20-32(34,35)33(36,37)38)21-9-4-3-8-16-31-29(26-13-6-5-7-14-26)17-10-15-27-25-28(40)18-19-30(27)31/h5-7,13-14,18-19,27,40H,2-4,8-12,15-17,20-25H2,1H3. The molecule has 1 N–H and O–H groups in total. The average Bonchev–Trinajstić information content (AvgIpc) is 3.12. The third kappa shape index (κ3) is 11.0. The molecule has 0 aromatic heterocycles. The fourth-order valence-electron chi connectivity index (χ4n) is 6.15. The predicted molar refractivity (Wildman–Crippen MR) is 163 cm³/mol. The maximum Gasteiger partial charge on any atom is 0.453 e. The summed E-state index contributed by atoms with van der Waals surface area (Å²) in [6, 6.07) is 10.6. The zero-order valence-electron chi connectivity index (χ0n) is 25.1. The smallest absolute Gasteiger partial charge is 0.453 e. The van der Waals surface area contributed by atoms with E-state index in [1.165, 1.54) is 22.3 Å². The number of hydrogen-bond acceptors (Lipinski definition) is 4. The van der Waals surface area contributed by atoms with E-state index in [1.807, 2.05) is 19.1 Å². The number of hydrogen-bond donors (Lipinski definition) is 1. The predicted octanol–water partition coefficient (Wildman–Crippen LogP) is 9.07. The molecule has 0 fully saturated rings. The second kappa shape index (κ2) is 16.2. The third-order valence-corrected chi connectivity index (χ3v) is 10.4. The first-order chi connectivity index (χ1) is 20.3. The molecule has 1 aromatic rings. The van der Waals surface area contributed by atoms with Crippen LogP contribution in [-0.2, 0) is 9.84 Å². The number of unbranched alkanes of at least 4 members (excludes halogenated alkanes) is 3. The Hall–Kier alpha value is -2.20. The summed E-state index contributed by atoms with van der Waals surface area (Å²) >= 11 is 0. The number of aliphatic hydroxyl groups is 1. The largest absolute Gasteiger partial charge is 0.512 e. The molecule has 0 saturated heterocycles. The molecule has 43 heavy (non-hydrogen) atoms. The van der Waals surface area contributed by atoms with Crippen LogP contribution in [0.15, 0.2) is 59.4 Å². The molecule has 0 saturated carbocycles. The molecule has 0 amide bonds. The summed E-state index contributed by atoms with van der Waals surface area (Å²) in [4.78, 5) is 2.16. The lowest BCUT2D eigenvalue weighted by Crippen LogP contribution is -2.36. The summed E-state index contributed by atoms with van der Waals surface area (Å²) < 4.78 is 87.3. The van der Waals surface area contributed by atoms with Gasteiger partial charge in [0, 0.05) is 12.8 Å². The highest BCUT2D eigenvalue weighted by atomic mass is 32.2. The maximum absolute atomic E-state index is 13.0. The summed E-state index contributed by atoms with van der Waals surface area (Å²) in [5.41, 5.74) is 5.49. The Kier molecular flexibility index (Phi) is 13.3. The fourth-order valence-corrected chi connectivity index (χ4v) is 7.50. The van der Waals surface area contributed by atoms with E-state index in [2.05, 4.69) is 35.2 Å². The molecule has 0 aliphatic heterocycles. The Morgan fingerprint density at radius 2 is 1.58 bits per heavy atom. The zero-order valence-corrected chi connectivity index (χ0v) is 26.0. The molecule has 1 atom stereocenters. The minimum atomic E-state index is -5.66. The van der Waals surface area contributed by atoms with Gasteiger partial charge in [-0.25, -0.2) is 8.42 Å². The lowest BCUT2D eigenvalue weighted by atomic mass is 9.81. The highest BCUT2D eigenvalue weighted by Crippen LogP contribution is 2.43. The van der Waals surface area contributed by atoms with Crippen LogP contribution in [0.3, 0.4) is 0 Å². The van der Waals surface area contributed by atoms with Crippen LogP contribution in [0.2, 0.25) is 0 Å². The Bertz CT molecular complexity index is 1220. The van der Waals surface area contributed by atoms with Crippen LogP contribution in [-0.4, -0.2) is 61.7 Å². The van der Waals surface area contributed by atoms with Gasteiger partial charge in [-0.2, -0.15) is 22.0 Å². The number of fused-ring (bicyclic) bond motifs is 1. The van der Waals surface area contributed by atoms with Crippen molar-refractivity contribution in [2.45, 2.75) is 96.1 Å². The van der Waals surface area contributed by atoms with Gasteiger partial charge in [-0.05, 0) is 105 Å². The Labute approximate surface area is 253 Å². The number of nitrogens with zero attached hydrogens (tertiary/aromatic N) is 1. The summed E-state index contributed by atoms with van der Waals surface area (Å²) in [5.74, 6) is -4.93. The highest BCUT2D eigenvalue weighted by molar-refractivity contribution is 7.91. The summed E-state index contributed by atoms with van der Waals surface area (Å²) in [6.07, 6.45) is 5.45. The summed E-state index contributed by atoms with van der Waals surface area (Å²) in [5, 5.41) is 10.1. The van der Waals surface area contributed by atoms with Gasteiger partial charge in [-0.3, -0.25) is 0 Å². The molecule has 0 heterocycles. The molecule has 2 aliphatic carbocycles. The minimum absolute atomic E-state index is 0.218. The zero-order chi connectivity index (χ0) is 31.5. The molecule has 0 spiro atoms. The molecule has 0 radical (unpaired) electrons. The number of benzene rings is 1. The first kappa shape index (κ1) is 35.3. The van der Waals surface area contributed by atoms with Crippen LogP contribution in [0.1, 0.15) is 89.5 Å². The van der Waals surface area contributed by atoms with Gasteiger partial charge in [0.25, 0.3) is 0 Å². The van der Waals surface area contributed by atoms with E-state index in [1.54, 1.807) is 0 Å². The molecule has 1 unspecified atom stereocenters. The van der Waals surface area contributed by atoms with Gasteiger partial charge in [0.15, 0.2) is 0 Å². The Morgan fingerprint density at radius 1 is 0.907 bits per heavy atom. The number of halogens is 5. The molecule has 4 nitrogen and oxygen atoms in total. The minimum Gasteiger partial charge on any atom is -0.512 e. The van der Waals surface area contributed by atoms with Gasteiger partial charge in [0.1, 0.15) is 9.84 Å². The van der Waals surface area contributed by atoms with E-state index in [0.29, 0.717) is 31.1 Å². The normalized spacial score (nSPS) is 18.3. The SMILES string of the molecule is CCN(CCCCCCC1=C(c2ccccc2)CCCC2CC(O)=CC=C12)CCCS(=O)(=O)CCCC(F)(F)C(F)(F)F.